The molecule has 0 atom stereocenters. The maximum absolute atomic E-state index is 13.7. The Labute approximate surface area is 254 Å². The van der Waals surface area contributed by atoms with E-state index in [1.165, 1.54) is 18.5 Å². The van der Waals surface area contributed by atoms with Crippen LogP contribution in [0, 0.1) is 5.82 Å². The molecule has 0 bridgehead atoms. The first-order valence-electron chi connectivity index (χ1n) is 14.4. The molecule has 2 N–H and O–H groups in total. The normalized spacial score (nSPS) is 12.0. The number of rotatable bonds is 12. The summed E-state index contributed by atoms with van der Waals surface area (Å²) in [5.41, 5.74) is 4.31. The number of furan rings is 1. The fraction of sp³-hybridized carbons (Fsp3) is 0.242. The molecule has 0 fully saturated rings. The van der Waals surface area contributed by atoms with Crippen LogP contribution >= 0.6 is 7.14 Å². The summed E-state index contributed by atoms with van der Waals surface area (Å²) in [6, 6.07) is 22.3. The fourth-order valence-electron chi connectivity index (χ4n) is 5.18. The van der Waals surface area contributed by atoms with Crippen LogP contribution in [0.3, 0.4) is 0 Å². The molecule has 0 aliphatic carbocycles. The van der Waals surface area contributed by atoms with Crippen LogP contribution in [0.1, 0.15) is 11.3 Å². The van der Waals surface area contributed by atoms with Crippen LogP contribution in [0.25, 0.3) is 33.1 Å². The van der Waals surface area contributed by atoms with E-state index in [2.05, 4.69) is 25.3 Å². The standard InChI is InChI=1S/C33H34FN6O3P/c1-44(2,42)15-13-39(12-14-41)21-28-8-11-32(43-28)24-6-9-30-29(18-24)33(36-22-35-30)38-27-7-10-31-25(17-27)19-37-40(31)20-23-4-3-5-26(34)16-23/h3-11,16-19,22,41H,12-15,20-21H2,1-2H3,(H,35,36,38). The molecule has 3 heterocycles. The van der Waals surface area contributed by atoms with Crippen LogP contribution in [-0.2, 0) is 17.7 Å². The Balaban J connectivity index is 1.21. The number of halogens is 1. The lowest BCUT2D eigenvalue weighted by atomic mass is 10.1. The van der Waals surface area contributed by atoms with Crippen LogP contribution < -0.4 is 5.32 Å². The van der Waals surface area contributed by atoms with Crippen LogP contribution in [0.2, 0.25) is 0 Å². The van der Waals surface area contributed by atoms with Crippen molar-refractivity contribution in [1.82, 2.24) is 24.6 Å². The van der Waals surface area contributed by atoms with Gasteiger partial charge in [-0.15, -0.1) is 0 Å². The molecule has 11 heteroatoms. The van der Waals surface area contributed by atoms with Crippen molar-refractivity contribution in [2.24, 2.45) is 0 Å². The third-order valence-electron chi connectivity index (χ3n) is 7.46. The number of aliphatic hydroxyl groups is 1. The number of benzene rings is 3. The lowest BCUT2D eigenvalue weighted by molar-refractivity contribution is 0.188. The van der Waals surface area contributed by atoms with Gasteiger partial charge in [-0.3, -0.25) is 9.58 Å². The van der Waals surface area contributed by atoms with Crippen molar-refractivity contribution < 1.29 is 18.5 Å². The van der Waals surface area contributed by atoms with E-state index >= 15 is 0 Å². The van der Waals surface area contributed by atoms with Gasteiger partial charge >= 0.3 is 0 Å². The molecule has 0 aliphatic rings. The van der Waals surface area contributed by atoms with Crippen molar-refractivity contribution >= 4 is 40.5 Å². The lowest BCUT2D eigenvalue weighted by Crippen LogP contribution is -2.29. The Morgan fingerprint density at radius 3 is 2.73 bits per heavy atom. The van der Waals surface area contributed by atoms with Crippen molar-refractivity contribution in [2.75, 3.05) is 44.5 Å². The van der Waals surface area contributed by atoms with Gasteiger partial charge in [-0.05, 0) is 79.6 Å². The first kappa shape index (κ1) is 29.7. The molecule has 0 unspecified atom stereocenters. The topological polar surface area (TPSA) is 109 Å². The molecule has 0 radical (unpaired) electrons. The molecular weight excluding hydrogens is 578 g/mol. The van der Waals surface area contributed by atoms with Crippen molar-refractivity contribution in [1.29, 1.82) is 0 Å². The van der Waals surface area contributed by atoms with E-state index in [0.29, 0.717) is 43.9 Å². The van der Waals surface area contributed by atoms with Crippen molar-refractivity contribution in [3.63, 3.8) is 0 Å². The van der Waals surface area contributed by atoms with E-state index in [0.717, 1.165) is 44.4 Å². The smallest absolute Gasteiger partial charge is 0.141 e. The first-order chi connectivity index (χ1) is 21.2. The van der Waals surface area contributed by atoms with Gasteiger partial charge in [0.05, 0.1) is 44.1 Å². The molecule has 9 nitrogen and oxygen atoms in total. The maximum atomic E-state index is 13.7. The summed E-state index contributed by atoms with van der Waals surface area (Å²) < 4.78 is 33.9. The van der Waals surface area contributed by atoms with Gasteiger partial charge in [0, 0.05) is 41.3 Å². The summed E-state index contributed by atoms with van der Waals surface area (Å²) in [5.74, 6) is 1.88. The van der Waals surface area contributed by atoms with E-state index in [1.807, 2.05) is 59.3 Å². The summed E-state index contributed by atoms with van der Waals surface area (Å²) in [7, 11) is -2.16. The Kier molecular flexibility index (Phi) is 8.57. The average Bonchev–Trinajstić information content (AvgIpc) is 3.63. The van der Waals surface area contributed by atoms with Gasteiger partial charge in [-0.2, -0.15) is 5.10 Å². The van der Waals surface area contributed by atoms with E-state index in [9.17, 15) is 14.1 Å². The van der Waals surface area contributed by atoms with Gasteiger partial charge in [0.2, 0.25) is 0 Å². The van der Waals surface area contributed by atoms with Crippen LogP contribution in [0.4, 0.5) is 15.9 Å². The number of anilines is 2. The molecular formula is C33H34FN6O3P. The van der Waals surface area contributed by atoms with Gasteiger partial charge in [0.1, 0.15) is 29.5 Å². The highest BCUT2D eigenvalue weighted by Gasteiger charge is 2.15. The van der Waals surface area contributed by atoms with Crippen molar-refractivity contribution in [3.8, 4) is 11.3 Å². The molecule has 6 rings (SSSR count). The molecule has 0 amide bonds. The number of aliphatic hydroxyl groups excluding tert-OH is 1. The zero-order valence-electron chi connectivity index (χ0n) is 24.7. The molecule has 0 saturated heterocycles. The van der Waals surface area contributed by atoms with Crippen LogP contribution in [0.5, 0.6) is 0 Å². The summed E-state index contributed by atoms with van der Waals surface area (Å²) in [4.78, 5) is 11.0. The number of hydrogen-bond acceptors (Lipinski definition) is 8. The zero-order chi connectivity index (χ0) is 30.7. The van der Waals surface area contributed by atoms with E-state index in [1.54, 1.807) is 25.6 Å². The van der Waals surface area contributed by atoms with Crippen molar-refractivity contribution in [2.45, 2.75) is 13.1 Å². The predicted octanol–water partition coefficient (Wildman–Crippen LogP) is 6.59. The number of nitrogens with zero attached hydrogens (tertiary/aromatic N) is 5. The molecule has 0 aliphatic heterocycles. The van der Waals surface area contributed by atoms with E-state index < -0.39 is 7.14 Å². The maximum Gasteiger partial charge on any atom is 0.141 e. The number of aromatic nitrogens is 4. The minimum absolute atomic E-state index is 0.0237. The average molecular weight is 613 g/mol. The second-order valence-corrected chi connectivity index (χ2v) is 14.9. The molecule has 6 aromatic rings. The highest BCUT2D eigenvalue weighted by molar-refractivity contribution is 7.62. The van der Waals surface area contributed by atoms with Gasteiger partial charge in [0.25, 0.3) is 0 Å². The molecule has 44 heavy (non-hydrogen) atoms. The third kappa shape index (κ3) is 7.05. The second kappa shape index (κ2) is 12.7. The molecule has 3 aromatic carbocycles. The largest absolute Gasteiger partial charge is 0.460 e. The van der Waals surface area contributed by atoms with Gasteiger partial charge in [-0.25, -0.2) is 14.4 Å². The van der Waals surface area contributed by atoms with Crippen molar-refractivity contribution in [3.05, 3.63) is 102 Å². The highest BCUT2D eigenvalue weighted by Crippen LogP contribution is 2.35. The summed E-state index contributed by atoms with van der Waals surface area (Å²) in [6.45, 7) is 5.69. The molecule has 0 spiro atoms. The SMILES string of the molecule is CP(C)(=O)CCN(CCO)Cc1ccc(-c2ccc3ncnc(Nc4ccc5c(cnn5Cc5cccc(F)c5)c4)c3c2)o1. The van der Waals surface area contributed by atoms with E-state index in [-0.39, 0.29) is 12.4 Å². The Hall–Kier alpha value is -4.37. The number of hydrogen-bond donors (Lipinski definition) is 2. The Bertz CT molecular complexity index is 1970. The third-order valence-corrected chi connectivity index (χ3v) is 8.73. The molecule has 226 valence electrons. The van der Waals surface area contributed by atoms with Crippen LogP contribution in [-0.4, -0.2) is 68.9 Å². The second-order valence-electron chi connectivity index (χ2n) is 11.3. The van der Waals surface area contributed by atoms with Gasteiger partial charge in [0.15, 0.2) is 0 Å². The quantitative estimate of drug-likeness (QED) is 0.149. The first-order valence-corrected chi connectivity index (χ1v) is 17.2. The molecule has 3 aromatic heterocycles. The fourth-order valence-corrected chi connectivity index (χ4v) is 5.94. The zero-order valence-corrected chi connectivity index (χ0v) is 25.5. The van der Waals surface area contributed by atoms with Gasteiger partial charge in [-0.1, -0.05) is 12.1 Å². The highest BCUT2D eigenvalue weighted by atomic mass is 31.2. The number of nitrogens with one attached hydrogen (secondary N) is 1. The van der Waals surface area contributed by atoms with E-state index in [4.69, 9.17) is 4.42 Å². The molecule has 0 saturated carbocycles. The lowest BCUT2D eigenvalue weighted by Gasteiger charge is -2.21. The summed E-state index contributed by atoms with van der Waals surface area (Å²) in [6.07, 6.45) is 3.92. The van der Waals surface area contributed by atoms with Gasteiger partial charge < -0.3 is 19.4 Å². The number of fused-ring (bicyclic) bond motifs is 2. The monoisotopic (exact) mass is 612 g/mol. The minimum atomic E-state index is -2.16. The minimum Gasteiger partial charge on any atom is -0.460 e. The Morgan fingerprint density at radius 1 is 1.02 bits per heavy atom. The summed E-state index contributed by atoms with van der Waals surface area (Å²) >= 11 is 0. The Morgan fingerprint density at radius 2 is 1.91 bits per heavy atom. The predicted molar refractivity (Wildman–Crippen MR) is 172 cm³/mol. The summed E-state index contributed by atoms with van der Waals surface area (Å²) in [5, 5.41) is 19.2. The van der Waals surface area contributed by atoms with Crippen LogP contribution in [0.15, 0.2) is 89.7 Å².